The Hall–Kier alpha value is -1.06. The van der Waals surface area contributed by atoms with Crippen molar-refractivity contribution in [1.29, 1.82) is 0 Å². The Labute approximate surface area is 110 Å². The zero-order valence-corrected chi connectivity index (χ0v) is 11.7. The molecule has 1 N–H and O–H groups in total. The molecule has 0 saturated carbocycles. The second-order valence-electron chi connectivity index (χ2n) is 5.91. The fraction of sp³-hybridized carbons (Fsp3) is 0.600. The van der Waals surface area contributed by atoms with E-state index < -0.39 is 5.60 Å². The Morgan fingerprint density at radius 3 is 2.39 bits per heavy atom. The van der Waals surface area contributed by atoms with E-state index in [2.05, 4.69) is 41.0 Å². The largest absolute Gasteiger partial charge is 0.389 e. The third-order valence-corrected chi connectivity index (χ3v) is 3.35. The van der Waals surface area contributed by atoms with E-state index in [1.807, 2.05) is 13.8 Å². The van der Waals surface area contributed by atoms with Gasteiger partial charge in [-0.25, -0.2) is 0 Å². The molecule has 1 aliphatic heterocycles. The van der Waals surface area contributed by atoms with Crippen molar-refractivity contribution in [2.75, 3.05) is 37.6 Å². The summed E-state index contributed by atoms with van der Waals surface area (Å²) in [6.07, 6.45) is 0. The zero-order chi connectivity index (χ0) is 13.2. The molecule has 2 rings (SSSR count). The summed E-state index contributed by atoms with van der Waals surface area (Å²) in [5.74, 6) is 0. The highest BCUT2D eigenvalue weighted by atomic mass is 16.3. The van der Waals surface area contributed by atoms with Gasteiger partial charge in [0.25, 0.3) is 0 Å². The van der Waals surface area contributed by atoms with Gasteiger partial charge in [0.2, 0.25) is 0 Å². The molecule has 0 amide bonds. The topological polar surface area (TPSA) is 26.7 Å². The number of aliphatic hydroxyl groups is 1. The highest BCUT2D eigenvalue weighted by Gasteiger charge is 2.22. The zero-order valence-electron chi connectivity index (χ0n) is 11.7. The molecule has 3 heteroatoms. The molecule has 0 radical (unpaired) electrons. The summed E-state index contributed by atoms with van der Waals surface area (Å²) in [6, 6.07) is 8.67. The van der Waals surface area contributed by atoms with Crippen molar-refractivity contribution in [3.63, 3.8) is 0 Å². The molecule has 0 atom stereocenters. The minimum Gasteiger partial charge on any atom is -0.389 e. The maximum absolute atomic E-state index is 9.83. The van der Waals surface area contributed by atoms with Crippen molar-refractivity contribution in [3.05, 3.63) is 29.8 Å². The Kier molecular flexibility index (Phi) is 3.93. The summed E-state index contributed by atoms with van der Waals surface area (Å²) in [4.78, 5) is 4.76. The summed E-state index contributed by atoms with van der Waals surface area (Å²) in [5, 5.41) is 9.83. The molecule has 0 aliphatic carbocycles. The van der Waals surface area contributed by atoms with Crippen LogP contribution in [0.4, 0.5) is 5.69 Å². The van der Waals surface area contributed by atoms with Crippen LogP contribution in [0.25, 0.3) is 0 Å². The first kappa shape index (κ1) is 13.4. The first-order valence-corrected chi connectivity index (χ1v) is 6.70. The van der Waals surface area contributed by atoms with Crippen molar-refractivity contribution < 1.29 is 5.11 Å². The van der Waals surface area contributed by atoms with Gasteiger partial charge in [0.05, 0.1) is 5.60 Å². The lowest BCUT2D eigenvalue weighted by atomic mass is 10.1. The SMILES string of the molecule is Cc1cccc(N2CCN(CC(C)(C)O)CC2)c1. The van der Waals surface area contributed by atoms with E-state index in [9.17, 15) is 5.11 Å². The predicted octanol–water partition coefficient (Wildman–Crippen LogP) is 1.89. The molecule has 0 bridgehead atoms. The van der Waals surface area contributed by atoms with Gasteiger partial charge in [-0.15, -0.1) is 0 Å². The molecule has 100 valence electrons. The van der Waals surface area contributed by atoms with E-state index in [0.717, 1.165) is 32.7 Å². The molecule has 0 spiro atoms. The van der Waals surface area contributed by atoms with Crippen LogP contribution in [0.15, 0.2) is 24.3 Å². The predicted molar refractivity (Wildman–Crippen MR) is 76.1 cm³/mol. The quantitative estimate of drug-likeness (QED) is 0.885. The lowest BCUT2D eigenvalue weighted by molar-refractivity contribution is 0.0345. The fourth-order valence-corrected chi connectivity index (χ4v) is 2.54. The third kappa shape index (κ3) is 3.72. The first-order chi connectivity index (χ1) is 8.44. The van der Waals surface area contributed by atoms with Gasteiger partial charge in [0.15, 0.2) is 0 Å². The van der Waals surface area contributed by atoms with E-state index in [0.29, 0.717) is 0 Å². The maximum Gasteiger partial charge on any atom is 0.0718 e. The molecule has 0 aromatic heterocycles. The van der Waals surface area contributed by atoms with Gasteiger partial charge in [-0.3, -0.25) is 4.90 Å². The van der Waals surface area contributed by atoms with Crippen LogP contribution in [0.3, 0.4) is 0 Å². The van der Waals surface area contributed by atoms with Crippen molar-refractivity contribution in [2.24, 2.45) is 0 Å². The number of hydrogen-bond donors (Lipinski definition) is 1. The maximum atomic E-state index is 9.83. The Bertz CT molecular complexity index is 390. The Morgan fingerprint density at radius 1 is 1.17 bits per heavy atom. The van der Waals surface area contributed by atoms with Gasteiger partial charge in [-0.05, 0) is 38.5 Å². The van der Waals surface area contributed by atoms with Crippen LogP contribution in [0.2, 0.25) is 0 Å². The average Bonchev–Trinajstić information content (AvgIpc) is 2.28. The number of benzene rings is 1. The highest BCUT2D eigenvalue weighted by Crippen LogP contribution is 2.18. The molecule has 1 aromatic carbocycles. The number of piperazine rings is 1. The fourth-order valence-electron chi connectivity index (χ4n) is 2.54. The molecular weight excluding hydrogens is 224 g/mol. The van der Waals surface area contributed by atoms with Crippen LogP contribution in [-0.4, -0.2) is 48.3 Å². The molecule has 1 fully saturated rings. The highest BCUT2D eigenvalue weighted by molar-refractivity contribution is 5.48. The first-order valence-electron chi connectivity index (χ1n) is 6.70. The normalized spacial score (nSPS) is 18.1. The third-order valence-electron chi connectivity index (χ3n) is 3.35. The molecule has 0 unspecified atom stereocenters. The molecule has 3 nitrogen and oxygen atoms in total. The summed E-state index contributed by atoms with van der Waals surface area (Å²) in [7, 11) is 0. The molecular formula is C15H24N2O. The van der Waals surface area contributed by atoms with Crippen molar-refractivity contribution in [2.45, 2.75) is 26.4 Å². The van der Waals surface area contributed by atoms with Crippen LogP contribution >= 0.6 is 0 Å². The Balaban J connectivity index is 1.91. The van der Waals surface area contributed by atoms with Gasteiger partial charge >= 0.3 is 0 Å². The smallest absolute Gasteiger partial charge is 0.0718 e. The van der Waals surface area contributed by atoms with Crippen molar-refractivity contribution >= 4 is 5.69 Å². The second kappa shape index (κ2) is 5.29. The summed E-state index contributed by atoms with van der Waals surface area (Å²) in [6.45, 7) is 10.8. The lowest BCUT2D eigenvalue weighted by Gasteiger charge is -2.38. The number of aryl methyl sites for hydroxylation is 1. The minimum atomic E-state index is -0.592. The van der Waals surface area contributed by atoms with Crippen LogP contribution in [0.5, 0.6) is 0 Å². The monoisotopic (exact) mass is 248 g/mol. The van der Waals surface area contributed by atoms with Crippen LogP contribution in [0, 0.1) is 6.92 Å². The van der Waals surface area contributed by atoms with E-state index in [4.69, 9.17) is 0 Å². The van der Waals surface area contributed by atoms with E-state index >= 15 is 0 Å². The number of β-amino-alcohol motifs (C(OH)–C–C–N with tert-alkyl or cyclic N) is 1. The molecule has 1 heterocycles. The summed E-state index contributed by atoms with van der Waals surface area (Å²) >= 11 is 0. The van der Waals surface area contributed by atoms with E-state index in [1.54, 1.807) is 0 Å². The second-order valence-corrected chi connectivity index (χ2v) is 5.91. The Morgan fingerprint density at radius 2 is 1.83 bits per heavy atom. The number of hydrogen-bond acceptors (Lipinski definition) is 3. The average molecular weight is 248 g/mol. The van der Waals surface area contributed by atoms with Gasteiger partial charge < -0.3 is 10.0 Å². The van der Waals surface area contributed by atoms with E-state index in [1.165, 1.54) is 11.3 Å². The van der Waals surface area contributed by atoms with Crippen LogP contribution < -0.4 is 4.90 Å². The van der Waals surface area contributed by atoms with Gasteiger partial charge in [-0.2, -0.15) is 0 Å². The minimum absolute atomic E-state index is 0.592. The number of anilines is 1. The lowest BCUT2D eigenvalue weighted by Crippen LogP contribution is -2.50. The van der Waals surface area contributed by atoms with Gasteiger partial charge in [0, 0.05) is 38.4 Å². The van der Waals surface area contributed by atoms with Crippen LogP contribution in [0.1, 0.15) is 19.4 Å². The van der Waals surface area contributed by atoms with Gasteiger partial charge in [-0.1, -0.05) is 12.1 Å². The standard InChI is InChI=1S/C15H24N2O/c1-13-5-4-6-14(11-13)17-9-7-16(8-10-17)12-15(2,3)18/h4-6,11,18H,7-10,12H2,1-3H3. The van der Waals surface area contributed by atoms with Crippen molar-refractivity contribution in [3.8, 4) is 0 Å². The van der Waals surface area contributed by atoms with Gasteiger partial charge in [0.1, 0.15) is 0 Å². The van der Waals surface area contributed by atoms with Crippen molar-refractivity contribution in [1.82, 2.24) is 4.90 Å². The number of rotatable bonds is 3. The summed E-state index contributed by atoms with van der Waals surface area (Å²) in [5.41, 5.74) is 2.04. The molecule has 18 heavy (non-hydrogen) atoms. The molecule has 1 aliphatic rings. The van der Waals surface area contributed by atoms with Crippen LogP contribution in [-0.2, 0) is 0 Å². The summed E-state index contributed by atoms with van der Waals surface area (Å²) < 4.78 is 0. The molecule has 1 aromatic rings. The molecule has 1 saturated heterocycles. The van der Waals surface area contributed by atoms with E-state index in [-0.39, 0.29) is 0 Å². The number of nitrogens with zero attached hydrogens (tertiary/aromatic N) is 2.